The highest BCUT2D eigenvalue weighted by atomic mass is 35.5. The summed E-state index contributed by atoms with van der Waals surface area (Å²) >= 11 is 5.94. The minimum absolute atomic E-state index is 0.0303. The lowest BCUT2D eigenvalue weighted by molar-refractivity contribution is -0.137. The van der Waals surface area contributed by atoms with Crippen LogP contribution < -0.4 is 10.1 Å². The highest BCUT2D eigenvalue weighted by Gasteiger charge is 2.36. The smallest absolute Gasteiger partial charge is 0.246 e. The maximum absolute atomic E-state index is 11.8. The number of nitrogens with zero attached hydrogens (tertiary/aromatic N) is 1. The van der Waals surface area contributed by atoms with E-state index in [9.17, 15) is 9.59 Å². The van der Waals surface area contributed by atoms with E-state index in [2.05, 4.69) is 5.32 Å². The molecule has 2 atom stereocenters. The Kier molecular flexibility index (Phi) is 3.40. The monoisotopic (exact) mass is 294 g/mol. The zero-order valence-corrected chi connectivity index (χ0v) is 11.8. The van der Waals surface area contributed by atoms with Gasteiger partial charge in [0.1, 0.15) is 11.9 Å². The summed E-state index contributed by atoms with van der Waals surface area (Å²) in [6, 6.07) is 5.12. The fraction of sp³-hybridized carbons (Fsp3) is 0.429. The summed E-state index contributed by atoms with van der Waals surface area (Å²) in [5.41, 5.74) is 1.08. The molecule has 1 N–H and O–H groups in total. The van der Waals surface area contributed by atoms with Crippen LogP contribution in [0.4, 0.5) is 0 Å². The van der Waals surface area contributed by atoms with E-state index in [1.807, 2.05) is 12.1 Å². The lowest BCUT2D eigenvalue weighted by atomic mass is 10.1. The van der Waals surface area contributed by atoms with Gasteiger partial charge in [0.25, 0.3) is 0 Å². The van der Waals surface area contributed by atoms with Gasteiger partial charge < -0.3 is 10.1 Å². The zero-order chi connectivity index (χ0) is 14.3. The third-order valence-corrected chi connectivity index (χ3v) is 3.97. The number of ether oxygens (including phenoxy) is 1. The predicted molar refractivity (Wildman–Crippen MR) is 73.8 cm³/mol. The second-order valence-electron chi connectivity index (χ2n) is 5.15. The van der Waals surface area contributed by atoms with Gasteiger partial charge in [0.15, 0.2) is 0 Å². The largest absolute Gasteiger partial charge is 0.488 e. The molecule has 2 heterocycles. The first-order valence-corrected chi connectivity index (χ1v) is 6.91. The van der Waals surface area contributed by atoms with E-state index in [0.29, 0.717) is 11.6 Å². The summed E-state index contributed by atoms with van der Waals surface area (Å²) in [6.07, 6.45) is 0.950. The SMILES string of the molecule is CN1C(=O)CC(NCC2Cc3cc(Cl)ccc3O2)C1=O. The van der Waals surface area contributed by atoms with Gasteiger partial charge >= 0.3 is 0 Å². The number of fused-ring (bicyclic) bond motifs is 1. The van der Waals surface area contributed by atoms with Crippen molar-refractivity contribution in [1.82, 2.24) is 10.2 Å². The molecule has 0 radical (unpaired) electrons. The normalized spacial score (nSPS) is 25.0. The van der Waals surface area contributed by atoms with Gasteiger partial charge in [-0.1, -0.05) is 11.6 Å². The van der Waals surface area contributed by atoms with Crippen LogP contribution >= 0.6 is 11.6 Å². The maximum Gasteiger partial charge on any atom is 0.246 e. The average molecular weight is 295 g/mol. The van der Waals surface area contributed by atoms with Crippen LogP contribution in [0.25, 0.3) is 0 Å². The van der Waals surface area contributed by atoms with Gasteiger partial charge in [0.05, 0.1) is 12.5 Å². The number of imide groups is 1. The van der Waals surface area contributed by atoms with E-state index in [4.69, 9.17) is 16.3 Å². The topological polar surface area (TPSA) is 58.6 Å². The second kappa shape index (κ2) is 5.07. The molecular weight excluding hydrogens is 280 g/mol. The molecule has 20 heavy (non-hydrogen) atoms. The number of benzene rings is 1. The zero-order valence-electron chi connectivity index (χ0n) is 11.1. The molecule has 1 saturated heterocycles. The van der Waals surface area contributed by atoms with E-state index < -0.39 is 6.04 Å². The van der Waals surface area contributed by atoms with Crippen LogP contribution in [-0.4, -0.2) is 42.5 Å². The van der Waals surface area contributed by atoms with Crippen LogP contribution in [0.2, 0.25) is 5.02 Å². The average Bonchev–Trinajstić information content (AvgIpc) is 2.92. The predicted octanol–water partition coefficient (Wildman–Crippen LogP) is 0.990. The minimum atomic E-state index is -0.427. The van der Waals surface area contributed by atoms with E-state index in [0.717, 1.165) is 17.7 Å². The Bertz CT molecular complexity index is 576. The van der Waals surface area contributed by atoms with E-state index in [-0.39, 0.29) is 24.3 Å². The molecule has 2 aliphatic rings. The Hall–Kier alpha value is -1.59. The van der Waals surface area contributed by atoms with Crippen molar-refractivity contribution in [3.8, 4) is 5.75 Å². The first-order chi connectivity index (χ1) is 9.54. The van der Waals surface area contributed by atoms with Crippen molar-refractivity contribution in [3.05, 3.63) is 28.8 Å². The highest BCUT2D eigenvalue weighted by molar-refractivity contribution is 6.30. The first-order valence-electron chi connectivity index (χ1n) is 6.53. The summed E-state index contributed by atoms with van der Waals surface area (Å²) in [5, 5.41) is 3.81. The molecule has 1 fully saturated rings. The van der Waals surface area contributed by atoms with Crippen molar-refractivity contribution in [2.45, 2.75) is 25.0 Å². The van der Waals surface area contributed by atoms with Crippen LogP contribution in [0.5, 0.6) is 5.75 Å². The van der Waals surface area contributed by atoms with Crippen LogP contribution in [0.15, 0.2) is 18.2 Å². The number of carbonyl (C=O) groups is 2. The lowest BCUT2D eigenvalue weighted by Gasteiger charge is -2.15. The molecule has 0 aliphatic carbocycles. The molecule has 0 bridgehead atoms. The van der Waals surface area contributed by atoms with Gasteiger partial charge in [-0.2, -0.15) is 0 Å². The number of hydrogen-bond donors (Lipinski definition) is 1. The maximum atomic E-state index is 11.8. The number of likely N-dealkylation sites (N-methyl/N-ethyl adjacent to an activating group) is 1. The van der Waals surface area contributed by atoms with Crippen molar-refractivity contribution in [1.29, 1.82) is 0 Å². The van der Waals surface area contributed by atoms with Crippen LogP contribution in [0.1, 0.15) is 12.0 Å². The summed E-state index contributed by atoms with van der Waals surface area (Å²) in [7, 11) is 1.51. The Morgan fingerprint density at radius 1 is 1.40 bits per heavy atom. The molecule has 1 aromatic carbocycles. The quantitative estimate of drug-likeness (QED) is 0.845. The molecular formula is C14H15ClN2O3. The number of rotatable bonds is 3. The van der Waals surface area contributed by atoms with Gasteiger partial charge in [0, 0.05) is 25.0 Å². The second-order valence-corrected chi connectivity index (χ2v) is 5.59. The number of halogens is 1. The van der Waals surface area contributed by atoms with E-state index >= 15 is 0 Å². The Labute approximate surface area is 121 Å². The number of carbonyl (C=O) groups excluding carboxylic acids is 2. The fourth-order valence-corrected chi connectivity index (χ4v) is 2.79. The summed E-state index contributed by atoms with van der Waals surface area (Å²) < 4.78 is 5.78. The third kappa shape index (κ3) is 2.39. The molecule has 0 saturated carbocycles. The molecule has 0 aromatic heterocycles. The molecule has 2 amide bonds. The first kappa shape index (κ1) is 13.4. The highest BCUT2D eigenvalue weighted by Crippen LogP contribution is 2.30. The van der Waals surface area contributed by atoms with Gasteiger partial charge in [-0.15, -0.1) is 0 Å². The van der Waals surface area contributed by atoms with Gasteiger partial charge in [-0.05, 0) is 23.8 Å². The lowest BCUT2D eigenvalue weighted by Crippen LogP contribution is -2.41. The summed E-state index contributed by atoms with van der Waals surface area (Å²) in [4.78, 5) is 24.4. The number of likely N-dealkylation sites (tertiary alicyclic amines) is 1. The molecule has 2 unspecified atom stereocenters. The van der Waals surface area contributed by atoms with Gasteiger partial charge in [0.2, 0.25) is 11.8 Å². The molecule has 0 spiro atoms. The van der Waals surface area contributed by atoms with Crippen molar-refractivity contribution in [2.75, 3.05) is 13.6 Å². The van der Waals surface area contributed by atoms with Crippen molar-refractivity contribution in [2.24, 2.45) is 0 Å². The van der Waals surface area contributed by atoms with E-state index in [1.54, 1.807) is 6.07 Å². The van der Waals surface area contributed by atoms with Crippen molar-refractivity contribution < 1.29 is 14.3 Å². The number of nitrogens with one attached hydrogen (secondary N) is 1. The summed E-state index contributed by atoms with van der Waals surface area (Å²) in [6.45, 7) is 0.532. The van der Waals surface area contributed by atoms with Crippen molar-refractivity contribution >= 4 is 23.4 Å². The summed E-state index contributed by atoms with van der Waals surface area (Å²) in [5.74, 6) is 0.524. The molecule has 5 nitrogen and oxygen atoms in total. The number of hydrogen-bond acceptors (Lipinski definition) is 4. The van der Waals surface area contributed by atoms with Gasteiger partial charge in [-0.3, -0.25) is 14.5 Å². The molecule has 2 aliphatic heterocycles. The Morgan fingerprint density at radius 3 is 2.90 bits per heavy atom. The molecule has 6 heteroatoms. The fourth-order valence-electron chi connectivity index (χ4n) is 2.59. The molecule has 3 rings (SSSR count). The Balaban J connectivity index is 1.57. The van der Waals surface area contributed by atoms with Gasteiger partial charge in [-0.25, -0.2) is 0 Å². The number of amides is 2. The minimum Gasteiger partial charge on any atom is -0.488 e. The van der Waals surface area contributed by atoms with Crippen LogP contribution in [-0.2, 0) is 16.0 Å². The Morgan fingerprint density at radius 2 is 2.20 bits per heavy atom. The third-order valence-electron chi connectivity index (χ3n) is 3.74. The van der Waals surface area contributed by atoms with Crippen molar-refractivity contribution in [3.63, 3.8) is 0 Å². The van der Waals surface area contributed by atoms with Crippen LogP contribution in [0.3, 0.4) is 0 Å². The standard InChI is InChI=1S/C14H15ClN2O3/c1-17-13(18)6-11(14(17)19)16-7-10-5-8-4-9(15)2-3-12(8)20-10/h2-4,10-11,16H,5-7H2,1H3. The molecule has 106 valence electrons. The van der Waals surface area contributed by atoms with Crippen LogP contribution in [0, 0.1) is 0 Å². The molecule has 1 aromatic rings. The van der Waals surface area contributed by atoms with E-state index in [1.165, 1.54) is 11.9 Å².